The number of rotatable bonds is 5. The molecule has 0 saturated carbocycles. The third-order valence-corrected chi connectivity index (χ3v) is 4.03. The van der Waals surface area contributed by atoms with Gasteiger partial charge in [-0.05, 0) is 41.3 Å². The van der Waals surface area contributed by atoms with Gasteiger partial charge in [-0.2, -0.15) is 0 Å². The summed E-state index contributed by atoms with van der Waals surface area (Å²) in [5.41, 5.74) is 1.80. The van der Waals surface area contributed by atoms with Crippen LogP contribution in [0, 0.1) is 5.82 Å². The van der Waals surface area contributed by atoms with Gasteiger partial charge in [-0.15, -0.1) is 11.3 Å². The minimum absolute atomic E-state index is 0.167. The van der Waals surface area contributed by atoms with E-state index < -0.39 is 0 Å². The molecule has 2 aromatic heterocycles. The summed E-state index contributed by atoms with van der Waals surface area (Å²) in [5, 5.41) is 7.79. The Hall–Kier alpha value is -2.73. The summed E-state index contributed by atoms with van der Waals surface area (Å²) in [5.74, 6) is 0.0801. The number of aromatic nitrogens is 1. The molecule has 0 aliphatic rings. The highest BCUT2D eigenvalue weighted by atomic mass is 32.1. The molecule has 0 saturated heterocycles. The minimum atomic E-state index is -0.249. The number of halogens is 1. The van der Waals surface area contributed by atoms with Gasteiger partial charge >= 0.3 is 0 Å². The lowest BCUT2D eigenvalue weighted by Crippen LogP contribution is -2.11. The van der Waals surface area contributed by atoms with Gasteiger partial charge in [0.25, 0.3) is 5.91 Å². The molecular weight excluding hydrogens is 313 g/mol. The van der Waals surface area contributed by atoms with Gasteiger partial charge in [-0.1, -0.05) is 18.2 Å². The first-order valence-electron chi connectivity index (χ1n) is 7.00. The fourth-order valence-electron chi connectivity index (χ4n) is 1.96. The monoisotopic (exact) mass is 327 g/mol. The van der Waals surface area contributed by atoms with Crippen molar-refractivity contribution in [3.63, 3.8) is 0 Å². The molecule has 0 unspecified atom stereocenters. The van der Waals surface area contributed by atoms with Crippen molar-refractivity contribution in [1.29, 1.82) is 0 Å². The molecule has 0 aliphatic heterocycles. The molecular formula is C17H14FN3OS. The Morgan fingerprint density at radius 1 is 1.13 bits per heavy atom. The van der Waals surface area contributed by atoms with Gasteiger partial charge in [0.1, 0.15) is 11.6 Å². The van der Waals surface area contributed by atoms with Gasteiger partial charge in [-0.25, -0.2) is 9.37 Å². The van der Waals surface area contributed by atoms with Crippen molar-refractivity contribution in [3.05, 3.63) is 76.4 Å². The van der Waals surface area contributed by atoms with E-state index in [0.29, 0.717) is 17.2 Å². The molecule has 3 rings (SSSR count). The summed E-state index contributed by atoms with van der Waals surface area (Å²) in [6, 6.07) is 13.5. The average molecular weight is 327 g/mol. The molecule has 1 amide bonds. The normalized spacial score (nSPS) is 10.3. The Balaban J connectivity index is 1.56. The van der Waals surface area contributed by atoms with Crippen molar-refractivity contribution >= 4 is 28.7 Å². The number of carbonyl (C=O) groups excluding carboxylic acids is 1. The number of nitrogens with one attached hydrogen (secondary N) is 2. The lowest BCUT2D eigenvalue weighted by molar-refractivity contribution is 0.103. The van der Waals surface area contributed by atoms with E-state index in [2.05, 4.69) is 15.6 Å². The summed E-state index contributed by atoms with van der Waals surface area (Å²) < 4.78 is 12.8. The lowest BCUT2D eigenvalue weighted by atomic mass is 10.2. The predicted octanol–water partition coefficient (Wildman–Crippen LogP) is 4.15. The van der Waals surface area contributed by atoms with Crippen LogP contribution in [0.4, 0.5) is 15.9 Å². The van der Waals surface area contributed by atoms with E-state index >= 15 is 0 Å². The first kappa shape index (κ1) is 15.2. The first-order valence-corrected chi connectivity index (χ1v) is 7.88. The fraction of sp³-hybridized carbons (Fsp3) is 0.0588. The van der Waals surface area contributed by atoms with E-state index in [1.165, 1.54) is 23.5 Å². The number of pyridine rings is 1. The van der Waals surface area contributed by atoms with E-state index in [9.17, 15) is 9.18 Å². The number of benzene rings is 1. The van der Waals surface area contributed by atoms with Crippen molar-refractivity contribution in [2.45, 2.75) is 6.54 Å². The van der Waals surface area contributed by atoms with Crippen molar-refractivity contribution in [2.24, 2.45) is 0 Å². The van der Waals surface area contributed by atoms with Gasteiger partial charge in [-0.3, -0.25) is 4.79 Å². The van der Waals surface area contributed by atoms with Crippen LogP contribution in [0.25, 0.3) is 0 Å². The zero-order chi connectivity index (χ0) is 16.1. The van der Waals surface area contributed by atoms with Crippen LogP contribution in [0.15, 0.2) is 60.1 Å². The molecule has 0 radical (unpaired) electrons. The molecule has 0 bridgehead atoms. The lowest BCUT2D eigenvalue weighted by Gasteiger charge is -2.07. The van der Waals surface area contributed by atoms with E-state index in [4.69, 9.17) is 0 Å². The van der Waals surface area contributed by atoms with E-state index in [0.717, 1.165) is 11.3 Å². The van der Waals surface area contributed by atoms with Crippen LogP contribution < -0.4 is 10.6 Å². The second-order valence-corrected chi connectivity index (χ2v) is 5.79. The van der Waals surface area contributed by atoms with Gasteiger partial charge in [0.05, 0.1) is 16.8 Å². The van der Waals surface area contributed by atoms with E-state index in [1.54, 1.807) is 30.5 Å². The summed E-state index contributed by atoms with van der Waals surface area (Å²) in [7, 11) is 0. The summed E-state index contributed by atoms with van der Waals surface area (Å²) in [6.45, 7) is 0.572. The van der Waals surface area contributed by atoms with Gasteiger partial charge in [0.2, 0.25) is 0 Å². The summed E-state index contributed by atoms with van der Waals surface area (Å²) >= 11 is 1.38. The number of amides is 1. The van der Waals surface area contributed by atoms with Crippen LogP contribution >= 0.6 is 11.3 Å². The molecule has 0 aliphatic carbocycles. The smallest absolute Gasteiger partial charge is 0.266 e. The van der Waals surface area contributed by atoms with Crippen LogP contribution in [-0.2, 0) is 6.54 Å². The van der Waals surface area contributed by atoms with Crippen molar-refractivity contribution < 1.29 is 9.18 Å². The summed E-state index contributed by atoms with van der Waals surface area (Å²) in [4.78, 5) is 16.8. The highest BCUT2D eigenvalue weighted by Gasteiger charge is 2.07. The number of hydrogen-bond donors (Lipinski definition) is 2. The molecule has 23 heavy (non-hydrogen) atoms. The quantitative estimate of drug-likeness (QED) is 0.740. The highest BCUT2D eigenvalue weighted by molar-refractivity contribution is 7.12. The van der Waals surface area contributed by atoms with Crippen LogP contribution in [-0.4, -0.2) is 10.9 Å². The summed E-state index contributed by atoms with van der Waals surface area (Å²) in [6.07, 6.45) is 1.65. The Bertz CT molecular complexity index is 771. The third kappa shape index (κ3) is 4.14. The van der Waals surface area contributed by atoms with Crippen LogP contribution in [0.1, 0.15) is 15.2 Å². The third-order valence-electron chi connectivity index (χ3n) is 3.16. The molecule has 2 N–H and O–H groups in total. The Morgan fingerprint density at radius 2 is 1.96 bits per heavy atom. The van der Waals surface area contributed by atoms with Gasteiger partial charge < -0.3 is 10.6 Å². The molecule has 1 aromatic carbocycles. The predicted molar refractivity (Wildman–Crippen MR) is 90.2 cm³/mol. The fourth-order valence-corrected chi connectivity index (χ4v) is 2.58. The maximum absolute atomic E-state index is 12.8. The number of hydrogen-bond acceptors (Lipinski definition) is 4. The minimum Gasteiger partial charge on any atom is -0.380 e. The van der Waals surface area contributed by atoms with Crippen molar-refractivity contribution in [1.82, 2.24) is 4.98 Å². The number of nitrogens with zero attached hydrogens (tertiary/aromatic N) is 1. The topological polar surface area (TPSA) is 54.0 Å². The first-order chi connectivity index (χ1) is 11.2. The molecule has 0 spiro atoms. The Morgan fingerprint density at radius 3 is 2.61 bits per heavy atom. The zero-order valence-electron chi connectivity index (χ0n) is 12.1. The van der Waals surface area contributed by atoms with Crippen molar-refractivity contribution in [3.8, 4) is 0 Å². The molecule has 0 fully saturated rings. The molecule has 6 heteroatoms. The number of thiophene rings is 1. The maximum atomic E-state index is 12.8. The van der Waals surface area contributed by atoms with E-state index in [1.807, 2.05) is 17.5 Å². The van der Waals surface area contributed by atoms with Crippen LogP contribution in [0.2, 0.25) is 0 Å². The molecule has 116 valence electrons. The SMILES string of the molecule is O=C(Nc1ccc(NCc2ccc(F)cc2)cn1)c1cccs1. The Labute approximate surface area is 137 Å². The molecule has 2 heterocycles. The van der Waals surface area contributed by atoms with Crippen molar-refractivity contribution in [2.75, 3.05) is 10.6 Å². The van der Waals surface area contributed by atoms with Gasteiger partial charge in [0, 0.05) is 6.54 Å². The average Bonchev–Trinajstić information content (AvgIpc) is 3.10. The van der Waals surface area contributed by atoms with Gasteiger partial charge in [0.15, 0.2) is 0 Å². The second kappa shape index (κ2) is 7.02. The van der Waals surface area contributed by atoms with E-state index in [-0.39, 0.29) is 11.7 Å². The second-order valence-electron chi connectivity index (χ2n) is 4.84. The Kier molecular flexibility index (Phi) is 4.63. The zero-order valence-corrected chi connectivity index (χ0v) is 12.9. The molecule has 3 aromatic rings. The maximum Gasteiger partial charge on any atom is 0.266 e. The number of anilines is 2. The highest BCUT2D eigenvalue weighted by Crippen LogP contribution is 2.14. The van der Waals surface area contributed by atoms with Crippen LogP contribution in [0.3, 0.4) is 0 Å². The van der Waals surface area contributed by atoms with Crippen LogP contribution in [0.5, 0.6) is 0 Å². The largest absolute Gasteiger partial charge is 0.380 e. The number of carbonyl (C=O) groups is 1. The molecule has 4 nitrogen and oxygen atoms in total. The standard InChI is InChI=1S/C17H14FN3OS/c18-13-5-3-12(4-6-13)10-19-14-7-8-16(20-11-14)21-17(22)15-2-1-9-23-15/h1-9,11,19H,10H2,(H,20,21,22). The molecule has 0 atom stereocenters.